The van der Waals surface area contributed by atoms with E-state index in [9.17, 15) is 0 Å². The molecule has 1 atom stereocenters. The van der Waals surface area contributed by atoms with Crippen molar-refractivity contribution in [3.63, 3.8) is 0 Å². The fraction of sp³-hybridized carbons (Fsp3) is 0.412. The van der Waals surface area contributed by atoms with Crippen LogP contribution in [0.15, 0.2) is 54.6 Å². The van der Waals surface area contributed by atoms with Crippen LogP contribution >= 0.6 is 0 Å². The maximum Gasteiger partial charge on any atom is 2.00 e. The number of hydrogen-bond donors (Lipinski definition) is 1. The first-order valence-electron chi connectivity index (χ1n) is 7.01. The third-order valence-corrected chi connectivity index (χ3v) is 3.59. The van der Waals surface area contributed by atoms with Crippen molar-refractivity contribution in [1.82, 2.24) is 0 Å². The van der Waals surface area contributed by atoms with E-state index in [0.717, 1.165) is 32.3 Å². The predicted octanol–water partition coefficient (Wildman–Crippen LogP) is 3.59. The van der Waals surface area contributed by atoms with Gasteiger partial charge < -0.3 is 9.84 Å². The molecule has 0 aliphatic carbocycles. The molecule has 2 nitrogen and oxygen atoms in total. The van der Waals surface area contributed by atoms with E-state index in [2.05, 4.69) is 24.3 Å². The molecule has 0 spiro atoms. The molecular weight excluding hydrogens is 292 g/mol. The number of ether oxygens (including phenoxy) is 1. The Bertz CT molecular complexity index is 397. The molecule has 0 radical (unpaired) electrons. The van der Waals surface area contributed by atoms with E-state index in [1.807, 2.05) is 30.3 Å². The summed E-state index contributed by atoms with van der Waals surface area (Å²) in [5.74, 6) is 0. The van der Waals surface area contributed by atoms with E-state index in [1.165, 1.54) is 5.56 Å². The van der Waals surface area contributed by atoms with Gasteiger partial charge in [0.1, 0.15) is 0 Å². The van der Waals surface area contributed by atoms with Gasteiger partial charge in [-0.25, -0.2) is 24.3 Å². The molecule has 1 N–H and O–H groups in total. The molecule has 2 aromatic carbocycles. The van der Waals surface area contributed by atoms with Crippen molar-refractivity contribution >= 4 is 0 Å². The zero-order valence-corrected chi connectivity index (χ0v) is 12.8. The van der Waals surface area contributed by atoms with Gasteiger partial charge in [-0.1, -0.05) is 0 Å². The molecule has 20 heavy (non-hydrogen) atoms. The minimum absolute atomic E-state index is 0. The number of rotatable bonds is 4. The third-order valence-electron chi connectivity index (χ3n) is 3.59. The van der Waals surface area contributed by atoms with E-state index in [0.29, 0.717) is 0 Å². The molecule has 0 bridgehead atoms. The van der Waals surface area contributed by atoms with Gasteiger partial charge in [-0.2, -0.15) is 30.3 Å². The molecule has 3 rings (SSSR count). The normalized spacial score (nSPS) is 20.9. The molecule has 1 unspecified atom stereocenters. The topological polar surface area (TPSA) is 29.5 Å². The molecule has 0 saturated carbocycles. The molecule has 110 valence electrons. The summed E-state index contributed by atoms with van der Waals surface area (Å²) in [5, 5.41) is 8.88. The molecule has 0 aromatic heterocycles. The van der Waals surface area contributed by atoms with Crippen molar-refractivity contribution in [2.24, 2.45) is 0 Å². The van der Waals surface area contributed by atoms with Crippen LogP contribution < -0.4 is 0 Å². The summed E-state index contributed by atoms with van der Waals surface area (Å²) in [5.41, 5.74) is 1.19. The van der Waals surface area contributed by atoms with Crippen LogP contribution in [0.1, 0.15) is 31.2 Å². The third kappa shape index (κ3) is 4.60. The Morgan fingerprint density at radius 1 is 1.15 bits per heavy atom. The standard InChI is InChI=1S/C12H17O2.C5H5.Fe/c13-9-3-7-12(8-4-10-14-12)11-5-1-2-6-11;1-2-4-5-3-1;/h1-2,5-6,13H,3-4,7-10H2;1-5H;/q2*-1;+2. The second kappa shape index (κ2) is 9.14. The Labute approximate surface area is 132 Å². The molecule has 1 saturated heterocycles. The van der Waals surface area contributed by atoms with E-state index in [1.54, 1.807) is 0 Å². The first kappa shape index (κ1) is 17.2. The first-order chi connectivity index (χ1) is 9.37. The van der Waals surface area contributed by atoms with Gasteiger partial charge in [-0.3, -0.25) is 0 Å². The largest absolute Gasteiger partial charge is 2.00 e. The SMILES string of the molecule is OCCCC1([c-]2cccc2)CCCO1.[Fe+2].c1cc[cH-]c1. The van der Waals surface area contributed by atoms with Crippen LogP contribution in [0.25, 0.3) is 0 Å². The van der Waals surface area contributed by atoms with Crippen LogP contribution in [-0.2, 0) is 27.4 Å². The summed E-state index contributed by atoms with van der Waals surface area (Å²) in [6, 6.07) is 18.4. The molecule has 1 heterocycles. The molecule has 2 aromatic rings. The second-order valence-corrected chi connectivity index (χ2v) is 4.91. The van der Waals surface area contributed by atoms with Crippen LogP contribution in [0.4, 0.5) is 0 Å². The van der Waals surface area contributed by atoms with E-state index in [-0.39, 0.29) is 29.3 Å². The molecule has 1 fully saturated rings. The van der Waals surface area contributed by atoms with Crippen molar-refractivity contribution < 1.29 is 26.9 Å². The van der Waals surface area contributed by atoms with Crippen LogP contribution in [0.3, 0.4) is 0 Å². The molecule has 1 aliphatic rings. The monoisotopic (exact) mass is 314 g/mol. The summed E-state index contributed by atoms with van der Waals surface area (Å²) in [7, 11) is 0. The Balaban J connectivity index is 0.000000283. The van der Waals surface area contributed by atoms with Gasteiger partial charge in [-0.05, 0) is 25.7 Å². The van der Waals surface area contributed by atoms with Crippen molar-refractivity contribution in [2.45, 2.75) is 31.3 Å². The smallest absolute Gasteiger partial charge is 0.396 e. The van der Waals surface area contributed by atoms with E-state index in [4.69, 9.17) is 9.84 Å². The van der Waals surface area contributed by atoms with Crippen LogP contribution in [0.5, 0.6) is 0 Å². The summed E-state index contributed by atoms with van der Waals surface area (Å²) in [4.78, 5) is 0. The molecular formula is C17H22FeO2. The van der Waals surface area contributed by atoms with Crippen LogP contribution in [0, 0.1) is 0 Å². The Morgan fingerprint density at radius 3 is 2.30 bits per heavy atom. The number of hydrogen-bond acceptors (Lipinski definition) is 2. The fourth-order valence-electron chi connectivity index (χ4n) is 2.63. The number of aliphatic hydroxyl groups is 1. The van der Waals surface area contributed by atoms with Gasteiger partial charge in [0.05, 0.1) is 0 Å². The van der Waals surface area contributed by atoms with Crippen molar-refractivity contribution in [1.29, 1.82) is 0 Å². The van der Waals surface area contributed by atoms with Crippen LogP contribution in [-0.4, -0.2) is 18.3 Å². The van der Waals surface area contributed by atoms with Crippen molar-refractivity contribution in [2.75, 3.05) is 13.2 Å². The minimum Gasteiger partial charge on any atom is -0.396 e. The van der Waals surface area contributed by atoms with Gasteiger partial charge in [0, 0.05) is 18.8 Å². The maximum absolute atomic E-state index is 8.88. The summed E-state index contributed by atoms with van der Waals surface area (Å²) in [6.45, 7) is 1.11. The van der Waals surface area contributed by atoms with Crippen molar-refractivity contribution in [3.8, 4) is 0 Å². The molecule has 0 amide bonds. The van der Waals surface area contributed by atoms with Gasteiger partial charge in [0.2, 0.25) is 0 Å². The molecule has 3 heteroatoms. The predicted molar refractivity (Wildman–Crippen MR) is 77.3 cm³/mol. The van der Waals surface area contributed by atoms with E-state index >= 15 is 0 Å². The summed E-state index contributed by atoms with van der Waals surface area (Å²) in [6.07, 6.45) is 3.99. The Morgan fingerprint density at radius 2 is 1.85 bits per heavy atom. The first-order valence-corrected chi connectivity index (χ1v) is 7.01. The van der Waals surface area contributed by atoms with E-state index < -0.39 is 0 Å². The Hall–Kier alpha value is -0.861. The van der Waals surface area contributed by atoms with Gasteiger partial charge in [0.25, 0.3) is 0 Å². The quantitative estimate of drug-likeness (QED) is 0.690. The fourth-order valence-corrected chi connectivity index (χ4v) is 2.63. The van der Waals surface area contributed by atoms with Crippen molar-refractivity contribution in [3.05, 3.63) is 60.2 Å². The van der Waals surface area contributed by atoms with Crippen LogP contribution in [0.2, 0.25) is 0 Å². The maximum atomic E-state index is 8.88. The summed E-state index contributed by atoms with van der Waals surface area (Å²) < 4.78 is 5.88. The zero-order valence-electron chi connectivity index (χ0n) is 11.6. The second-order valence-electron chi connectivity index (χ2n) is 4.91. The van der Waals surface area contributed by atoms with Gasteiger partial charge >= 0.3 is 17.1 Å². The van der Waals surface area contributed by atoms with Gasteiger partial charge in [-0.15, -0.1) is 5.56 Å². The molecule has 1 aliphatic heterocycles. The summed E-state index contributed by atoms with van der Waals surface area (Å²) >= 11 is 0. The average Bonchev–Trinajstić information content (AvgIpc) is 3.19. The van der Waals surface area contributed by atoms with Gasteiger partial charge in [0.15, 0.2) is 0 Å². The zero-order chi connectivity index (χ0) is 13.4. The number of aliphatic hydroxyl groups excluding tert-OH is 1. The Kier molecular flexibility index (Phi) is 7.86. The average molecular weight is 314 g/mol. The minimum atomic E-state index is -0.0910.